The first-order chi connectivity index (χ1) is 9.56. The highest BCUT2D eigenvalue weighted by Crippen LogP contribution is 2.29. The Morgan fingerprint density at radius 2 is 2.00 bits per heavy atom. The van der Waals surface area contributed by atoms with E-state index < -0.39 is 0 Å². The van der Waals surface area contributed by atoms with Gasteiger partial charge in [0.05, 0.1) is 16.4 Å². The van der Waals surface area contributed by atoms with E-state index in [0.717, 1.165) is 27.0 Å². The molecule has 0 amide bonds. The highest BCUT2D eigenvalue weighted by atomic mass is 79.9. The maximum Gasteiger partial charge on any atom is 0.132 e. The number of hydrogen-bond donors (Lipinski definition) is 0. The number of hydrogen-bond acceptors (Lipinski definition) is 1. The summed E-state index contributed by atoms with van der Waals surface area (Å²) in [7, 11) is 0. The number of benzene rings is 2. The highest BCUT2D eigenvalue weighted by molar-refractivity contribution is 9.10. The Bertz CT molecular complexity index is 777. The fourth-order valence-electron chi connectivity index (χ4n) is 2.38. The lowest BCUT2D eigenvalue weighted by molar-refractivity contribution is 0.882. The molecule has 2 aromatic carbocycles. The molecule has 1 heterocycles. The molecule has 4 heteroatoms. The van der Waals surface area contributed by atoms with Gasteiger partial charge in [0.1, 0.15) is 5.82 Å². The van der Waals surface area contributed by atoms with E-state index in [1.54, 1.807) is 0 Å². The van der Waals surface area contributed by atoms with Gasteiger partial charge in [0.15, 0.2) is 0 Å². The fraction of sp³-hybridized carbons (Fsp3) is 0.188. The highest BCUT2D eigenvalue weighted by Gasteiger charge is 2.16. The smallest absolute Gasteiger partial charge is 0.132 e. The Balaban J connectivity index is 2.34. The summed E-state index contributed by atoms with van der Waals surface area (Å²) >= 11 is 9.80. The zero-order valence-corrected chi connectivity index (χ0v) is 13.6. The molecule has 1 aromatic heterocycles. The molecule has 0 spiro atoms. The van der Waals surface area contributed by atoms with Gasteiger partial charge in [0.2, 0.25) is 0 Å². The summed E-state index contributed by atoms with van der Waals surface area (Å²) in [5.41, 5.74) is 4.33. The summed E-state index contributed by atoms with van der Waals surface area (Å²) in [6.07, 6.45) is 0. The van der Waals surface area contributed by atoms with Crippen molar-refractivity contribution in [2.45, 2.75) is 19.2 Å². The second kappa shape index (κ2) is 5.23. The van der Waals surface area contributed by atoms with Crippen LogP contribution in [0.4, 0.5) is 0 Å². The Morgan fingerprint density at radius 1 is 1.20 bits per heavy atom. The molecule has 0 bridgehead atoms. The third-order valence-corrected chi connectivity index (χ3v) is 3.95. The molecule has 0 N–H and O–H groups in total. The minimum atomic E-state index is -0.151. The lowest BCUT2D eigenvalue weighted by atomic mass is 10.2. The lowest BCUT2D eigenvalue weighted by Gasteiger charge is -2.11. The summed E-state index contributed by atoms with van der Waals surface area (Å²) in [5, 5.41) is -0.151. The van der Waals surface area contributed by atoms with Crippen LogP contribution in [-0.4, -0.2) is 9.55 Å². The zero-order chi connectivity index (χ0) is 14.3. The van der Waals surface area contributed by atoms with Crippen LogP contribution in [0.25, 0.3) is 16.7 Å². The van der Waals surface area contributed by atoms with E-state index in [1.165, 1.54) is 5.56 Å². The van der Waals surface area contributed by atoms with Crippen molar-refractivity contribution in [2.24, 2.45) is 0 Å². The molecule has 2 nitrogen and oxygen atoms in total. The van der Waals surface area contributed by atoms with Crippen molar-refractivity contribution < 1.29 is 0 Å². The Kier molecular flexibility index (Phi) is 3.57. The van der Waals surface area contributed by atoms with Gasteiger partial charge < -0.3 is 0 Å². The average Bonchev–Trinajstić information content (AvgIpc) is 2.77. The van der Waals surface area contributed by atoms with Gasteiger partial charge in [-0.15, -0.1) is 11.6 Å². The molecule has 0 radical (unpaired) electrons. The number of fused-ring (bicyclic) bond motifs is 1. The Hall–Kier alpha value is -1.32. The fourth-order valence-corrected chi connectivity index (χ4v) is 2.87. The van der Waals surface area contributed by atoms with Gasteiger partial charge in [-0.05, 0) is 49.7 Å². The zero-order valence-electron chi connectivity index (χ0n) is 11.3. The molecule has 0 aliphatic rings. The first kappa shape index (κ1) is 13.7. The predicted octanol–water partition coefficient (Wildman–Crippen LogP) is 5.40. The number of imidazole rings is 1. The summed E-state index contributed by atoms with van der Waals surface area (Å²) in [5.74, 6) is 0.866. The van der Waals surface area contributed by atoms with E-state index in [1.807, 2.05) is 19.1 Å². The van der Waals surface area contributed by atoms with Crippen LogP contribution in [0.2, 0.25) is 0 Å². The maximum absolute atomic E-state index is 6.31. The minimum absolute atomic E-state index is 0.151. The van der Waals surface area contributed by atoms with Crippen LogP contribution in [0.5, 0.6) is 0 Å². The number of nitrogens with zero attached hydrogens (tertiary/aromatic N) is 2. The van der Waals surface area contributed by atoms with Gasteiger partial charge in [0, 0.05) is 10.2 Å². The van der Waals surface area contributed by atoms with Crippen LogP contribution >= 0.6 is 27.5 Å². The van der Waals surface area contributed by atoms with Crippen molar-refractivity contribution in [1.29, 1.82) is 0 Å². The summed E-state index contributed by atoms with van der Waals surface area (Å²) in [4.78, 5) is 4.68. The second-order valence-corrected chi connectivity index (χ2v) is 6.46. The number of alkyl halides is 1. The molecule has 0 aliphatic carbocycles. The van der Waals surface area contributed by atoms with Crippen LogP contribution in [0.1, 0.15) is 23.7 Å². The van der Waals surface area contributed by atoms with Crippen LogP contribution in [0.15, 0.2) is 46.9 Å². The molecule has 1 unspecified atom stereocenters. The van der Waals surface area contributed by atoms with Gasteiger partial charge >= 0.3 is 0 Å². The third kappa shape index (κ3) is 2.36. The molecule has 0 saturated carbocycles. The molecule has 3 aromatic rings. The van der Waals surface area contributed by atoms with E-state index in [0.29, 0.717) is 0 Å². The molecular formula is C16H14BrClN2. The topological polar surface area (TPSA) is 17.8 Å². The van der Waals surface area contributed by atoms with Gasteiger partial charge in [0.25, 0.3) is 0 Å². The standard InChI is InChI=1S/C16H14BrClN2/c1-10-4-3-5-13(8-10)20-15-7-6-12(17)9-14(15)19-16(20)11(2)18/h3-9,11H,1-2H3. The van der Waals surface area contributed by atoms with Crippen molar-refractivity contribution in [1.82, 2.24) is 9.55 Å². The predicted molar refractivity (Wildman–Crippen MR) is 87.8 cm³/mol. The van der Waals surface area contributed by atoms with Crippen molar-refractivity contribution >= 4 is 38.6 Å². The van der Waals surface area contributed by atoms with Gasteiger partial charge in [-0.1, -0.05) is 28.1 Å². The second-order valence-electron chi connectivity index (χ2n) is 4.89. The van der Waals surface area contributed by atoms with Gasteiger partial charge in [-0.3, -0.25) is 4.57 Å². The van der Waals surface area contributed by atoms with E-state index >= 15 is 0 Å². The van der Waals surface area contributed by atoms with E-state index in [9.17, 15) is 0 Å². The number of rotatable bonds is 2. The van der Waals surface area contributed by atoms with Crippen molar-refractivity contribution in [3.05, 3.63) is 58.3 Å². The molecule has 20 heavy (non-hydrogen) atoms. The van der Waals surface area contributed by atoms with E-state index in [2.05, 4.69) is 62.7 Å². The average molecular weight is 350 g/mol. The van der Waals surface area contributed by atoms with E-state index in [4.69, 9.17) is 11.6 Å². The number of aryl methyl sites for hydroxylation is 1. The first-order valence-corrected chi connectivity index (χ1v) is 7.68. The van der Waals surface area contributed by atoms with Crippen molar-refractivity contribution in [3.8, 4) is 5.69 Å². The Labute approximate surface area is 131 Å². The Morgan fingerprint density at radius 3 is 2.70 bits per heavy atom. The lowest BCUT2D eigenvalue weighted by Crippen LogP contribution is -2.02. The quantitative estimate of drug-likeness (QED) is 0.567. The molecule has 0 aliphatic heterocycles. The molecule has 1 atom stereocenters. The van der Waals surface area contributed by atoms with Crippen molar-refractivity contribution in [2.75, 3.05) is 0 Å². The first-order valence-electron chi connectivity index (χ1n) is 6.45. The van der Waals surface area contributed by atoms with E-state index in [-0.39, 0.29) is 5.38 Å². The van der Waals surface area contributed by atoms with Crippen LogP contribution in [0.3, 0.4) is 0 Å². The normalized spacial score (nSPS) is 12.8. The summed E-state index contributed by atoms with van der Waals surface area (Å²) < 4.78 is 3.15. The van der Waals surface area contributed by atoms with Crippen LogP contribution < -0.4 is 0 Å². The minimum Gasteiger partial charge on any atom is -0.295 e. The largest absolute Gasteiger partial charge is 0.295 e. The summed E-state index contributed by atoms with van der Waals surface area (Å²) in [6.45, 7) is 4.03. The monoisotopic (exact) mass is 348 g/mol. The summed E-state index contributed by atoms with van der Waals surface area (Å²) in [6, 6.07) is 14.5. The molecular weight excluding hydrogens is 336 g/mol. The van der Waals surface area contributed by atoms with Crippen LogP contribution in [0, 0.1) is 6.92 Å². The van der Waals surface area contributed by atoms with Gasteiger partial charge in [-0.25, -0.2) is 4.98 Å². The number of aromatic nitrogens is 2. The van der Waals surface area contributed by atoms with Crippen molar-refractivity contribution in [3.63, 3.8) is 0 Å². The third-order valence-electron chi connectivity index (χ3n) is 3.26. The maximum atomic E-state index is 6.31. The van der Waals surface area contributed by atoms with Crippen LogP contribution in [-0.2, 0) is 0 Å². The molecule has 102 valence electrons. The molecule has 3 rings (SSSR count). The number of halogens is 2. The van der Waals surface area contributed by atoms with Gasteiger partial charge in [-0.2, -0.15) is 0 Å². The molecule has 0 fully saturated rings. The SMILES string of the molecule is Cc1cccc(-n2c(C(C)Cl)nc3cc(Br)ccc32)c1. The molecule has 0 saturated heterocycles.